The summed E-state index contributed by atoms with van der Waals surface area (Å²) in [5, 5.41) is 61.9. The van der Waals surface area contributed by atoms with Gasteiger partial charge in [-0.3, -0.25) is 15.0 Å². The molecule has 3 aromatic heterocycles. The Morgan fingerprint density at radius 3 is 0.975 bits per heavy atom. The van der Waals surface area contributed by atoms with Crippen LogP contribution in [0.25, 0.3) is 32.7 Å². The van der Waals surface area contributed by atoms with Crippen LogP contribution in [0.5, 0.6) is 17.2 Å². The van der Waals surface area contributed by atoms with Gasteiger partial charge in [0.05, 0.1) is 51.4 Å². The quantitative estimate of drug-likeness (QED) is 0.265. The topological polar surface area (TPSA) is 179 Å². The Bertz CT molecular complexity index is 1730. The molecule has 0 amide bonds. The summed E-state index contributed by atoms with van der Waals surface area (Å²) in [6.45, 7) is 0. The number of benzene rings is 3. The molecule has 0 radical (unpaired) electrons. The van der Waals surface area contributed by atoms with E-state index in [2.05, 4.69) is 15.0 Å². The Kier molecular flexibility index (Phi) is 9.52. The smallest absolute Gasteiger partial charge is 0.871 e. The minimum Gasteiger partial charge on any atom is -0.871 e. The monoisotopic (exact) mass is 534 g/mol. The zero-order chi connectivity index (χ0) is 27.8. The Morgan fingerprint density at radius 1 is 0.450 bits per heavy atom. The van der Waals surface area contributed by atoms with Crippen LogP contribution in [0.15, 0.2) is 91.4 Å². The van der Waals surface area contributed by atoms with Crippen LogP contribution >= 0.6 is 0 Å². The fourth-order valence-electron chi connectivity index (χ4n) is 3.73. The number of hydrogen-bond donors (Lipinski definition) is 0. The first-order valence-electron chi connectivity index (χ1n) is 11.3. The van der Waals surface area contributed by atoms with Crippen molar-refractivity contribution in [2.24, 2.45) is 0 Å². The van der Waals surface area contributed by atoms with Crippen molar-refractivity contribution in [3.05, 3.63) is 108 Å². The molecule has 0 bridgehead atoms. The summed E-state index contributed by atoms with van der Waals surface area (Å²) in [5.74, 6) is -0.432. The number of fused-ring (bicyclic) bond motifs is 3. The number of nitriles is 3. The molecule has 0 spiro atoms. The number of rotatable bonds is 0. The number of hydrogen-bond acceptors (Lipinski definition) is 9. The number of pyridine rings is 3. The Morgan fingerprint density at radius 2 is 0.725 bits per heavy atom. The summed E-state index contributed by atoms with van der Waals surface area (Å²) >= 11 is 0. The van der Waals surface area contributed by atoms with Crippen molar-refractivity contribution in [2.45, 2.75) is 0 Å². The predicted molar refractivity (Wildman–Crippen MR) is 143 cm³/mol. The Balaban J connectivity index is 0.000000163. The first kappa shape index (κ1) is 28.9. The van der Waals surface area contributed by atoms with Crippen LogP contribution in [0, 0.1) is 34.0 Å². The molecular formula is C30H15AlN6O3. The van der Waals surface area contributed by atoms with Gasteiger partial charge in [0.1, 0.15) is 0 Å². The SMILES string of the molecule is N#Cc1ccc([O-])c2ncccc12.N#Cc1ccc([O-])c2ncccc12.N#Cc1ccc([O-])c2ncccc12.[Al+3]. The van der Waals surface area contributed by atoms with E-state index >= 15 is 0 Å². The van der Waals surface area contributed by atoms with Crippen LogP contribution in [0.2, 0.25) is 0 Å². The van der Waals surface area contributed by atoms with Gasteiger partial charge < -0.3 is 15.3 Å². The van der Waals surface area contributed by atoms with E-state index in [0.717, 1.165) is 0 Å². The summed E-state index contributed by atoms with van der Waals surface area (Å²) in [7, 11) is 0. The van der Waals surface area contributed by atoms with E-state index in [-0.39, 0.29) is 34.6 Å². The third kappa shape index (κ3) is 6.05. The molecular weight excluding hydrogens is 519 g/mol. The maximum absolute atomic E-state index is 11.3. The number of nitrogens with zero attached hydrogens (tertiary/aromatic N) is 6. The van der Waals surface area contributed by atoms with Crippen molar-refractivity contribution in [1.82, 2.24) is 15.0 Å². The molecule has 40 heavy (non-hydrogen) atoms. The van der Waals surface area contributed by atoms with Crippen molar-refractivity contribution in [2.75, 3.05) is 0 Å². The minimum absolute atomic E-state index is 0. The van der Waals surface area contributed by atoms with Crippen molar-refractivity contribution in [3.63, 3.8) is 0 Å². The summed E-state index contributed by atoms with van der Waals surface area (Å²) < 4.78 is 0. The molecule has 0 saturated heterocycles. The van der Waals surface area contributed by atoms with Gasteiger partial charge in [0.2, 0.25) is 0 Å². The average molecular weight is 534 g/mol. The molecule has 0 aliphatic rings. The summed E-state index contributed by atoms with van der Waals surface area (Å²) in [6.07, 6.45) is 4.64. The third-order valence-electron chi connectivity index (χ3n) is 5.56. The fraction of sp³-hybridized carbons (Fsp3) is 0. The largest absolute Gasteiger partial charge is 3.00 e. The van der Waals surface area contributed by atoms with Gasteiger partial charge in [-0.1, -0.05) is 35.4 Å². The van der Waals surface area contributed by atoms with Gasteiger partial charge in [0.25, 0.3) is 0 Å². The van der Waals surface area contributed by atoms with Gasteiger partial charge in [-0.05, 0) is 54.6 Å². The van der Waals surface area contributed by atoms with Crippen LogP contribution in [0.3, 0.4) is 0 Å². The first-order valence-corrected chi connectivity index (χ1v) is 11.3. The fourth-order valence-corrected chi connectivity index (χ4v) is 3.73. The van der Waals surface area contributed by atoms with Crippen molar-refractivity contribution < 1.29 is 15.3 Å². The summed E-state index contributed by atoms with van der Waals surface area (Å²) in [6, 6.07) is 25.0. The van der Waals surface area contributed by atoms with Gasteiger partial charge in [-0.2, -0.15) is 15.8 Å². The van der Waals surface area contributed by atoms with E-state index in [9.17, 15) is 15.3 Å². The van der Waals surface area contributed by atoms with Crippen molar-refractivity contribution in [3.8, 4) is 35.5 Å². The summed E-state index contributed by atoms with van der Waals surface area (Å²) in [4.78, 5) is 11.8. The molecule has 0 fully saturated rings. The van der Waals surface area contributed by atoms with E-state index in [1.807, 2.05) is 18.2 Å². The Hall–Kier alpha value is -5.71. The molecule has 0 unspecified atom stereocenters. The van der Waals surface area contributed by atoms with E-state index < -0.39 is 0 Å². The second-order valence-corrected chi connectivity index (χ2v) is 7.87. The standard InChI is InChI=1S/3C10H6N2O.Al/c3*11-6-7-3-4-9(13)10-8(7)2-1-5-12-10;/h3*1-5,13H;/q;;;+3/p-3. The average Bonchev–Trinajstić information content (AvgIpc) is 2.99. The normalized spacial score (nSPS) is 9.53. The molecule has 0 saturated carbocycles. The zero-order valence-corrected chi connectivity index (χ0v) is 21.8. The zero-order valence-electron chi connectivity index (χ0n) is 20.6. The first-order chi connectivity index (χ1) is 19.0. The molecule has 6 aromatic rings. The molecule has 10 heteroatoms. The van der Waals surface area contributed by atoms with Crippen molar-refractivity contribution >= 4 is 50.1 Å². The number of aromatic nitrogens is 3. The molecule has 3 heterocycles. The van der Waals surface area contributed by atoms with Crippen LogP contribution in [0.1, 0.15) is 16.7 Å². The maximum atomic E-state index is 11.3. The molecule has 186 valence electrons. The van der Waals surface area contributed by atoms with Gasteiger partial charge in [0.15, 0.2) is 0 Å². The molecule has 0 aliphatic carbocycles. The van der Waals surface area contributed by atoms with E-state index in [1.54, 1.807) is 55.0 Å². The van der Waals surface area contributed by atoms with Crippen LogP contribution in [0.4, 0.5) is 0 Å². The maximum Gasteiger partial charge on any atom is 3.00 e. The van der Waals surface area contributed by atoms with Gasteiger partial charge >= 0.3 is 17.4 Å². The van der Waals surface area contributed by atoms with Crippen molar-refractivity contribution in [1.29, 1.82) is 15.8 Å². The van der Waals surface area contributed by atoms with Crippen LogP contribution < -0.4 is 15.3 Å². The van der Waals surface area contributed by atoms with Crippen LogP contribution in [-0.2, 0) is 0 Å². The van der Waals surface area contributed by atoms with E-state index in [0.29, 0.717) is 49.4 Å². The van der Waals surface area contributed by atoms with Gasteiger partial charge in [0, 0.05) is 34.7 Å². The van der Waals surface area contributed by atoms with E-state index in [4.69, 9.17) is 15.8 Å². The summed E-state index contributed by atoms with van der Waals surface area (Å²) in [5.41, 5.74) is 2.55. The predicted octanol–water partition coefficient (Wildman–Crippen LogP) is 3.16. The Labute approximate surface area is 239 Å². The molecule has 6 rings (SSSR count). The molecule has 3 aromatic carbocycles. The molecule has 0 atom stereocenters. The van der Waals surface area contributed by atoms with Gasteiger partial charge in [-0.25, -0.2) is 0 Å². The molecule has 0 aliphatic heterocycles. The third-order valence-corrected chi connectivity index (χ3v) is 5.56. The molecule has 9 nitrogen and oxygen atoms in total. The minimum atomic E-state index is -0.144. The second kappa shape index (κ2) is 13.2. The second-order valence-electron chi connectivity index (χ2n) is 7.87. The van der Waals surface area contributed by atoms with Gasteiger partial charge in [-0.15, -0.1) is 0 Å². The van der Waals surface area contributed by atoms with Crippen LogP contribution in [-0.4, -0.2) is 32.3 Å². The molecule has 0 N–H and O–H groups in total. The van der Waals surface area contributed by atoms with E-state index in [1.165, 1.54) is 36.4 Å².